The summed E-state index contributed by atoms with van der Waals surface area (Å²) < 4.78 is 5.23. The maximum atomic E-state index is 9.51. The molecule has 17 heavy (non-hydrogen) atoms. The van der Waals surface area contributed by atoms with Crippen molar-refractivity contribution >= 4 is 23.3 Å². The van der Waals surface area contributed by atoms with Crippen molar-refractivity contribution in [3.63, 3.8) is 0 Å². The average Bonchev–Trinajstić information content (AvgIpc) is 2.30. The molecule has 4 nitrogen and oxygen atoms in total. The molecule has 0 radical (unpaired) electrons. The third-order valence-corrected chi connectivity index (χ3v) is 2.20. The standard InChI is InChI=1S/C12H12N2O2S/c1-2-16-11-6-8(3-4-10(11)15)5-9(7-13)12(14)17/h3-6,15H,2H2,1H3,(H2,14,17). The molecule has 0 saturated carbocycles. The van der Waals surface area contributed by atoms with Crippen LogP contribution in [0.1, 0.15) is 12.5 Å². The molecule has 0 fully saturated rings. The van der Waals surface area contributed by atoms with Crippen LogP contribution in [-0.2, 0) is 0 Å². The molecule has 0 unspecified atom stereocenters. The Hall–Kier alpha value is -2.06. The molecule has 0 saturated heterocycles. The summed E-state index contributed by atoms with van der Waals surface area (Å²) >= 11 is 4.73. The molecule has 0 aliphatic rings. The highest BCUT2D eigenvalue weighted by Crippen LogP contribution is 2.27. The second-order valence-electron chi connectivity index (χ2n) is 3.19. The maximum absolute atomic E-state index is 9.51. The molecule has 0 atom stereocenters. The number of hydrogen-bond donors (Lipinski definition) is 2. The summed E-state index contributed by atoms with van der Waals surface area (Å²) in [6.45, 7) is 2.26. The van der Waals surface area contributed by atoms with E-state index in [1.807, 2.05) is 13.0 Å². The van der Waals surface area contributed by atoms with Crippen molar-refractivity contribution in [3.05, 3.63) is 29.3 Å². The fourth-order valence-corrected chi connectivity index (χ4v) is 1.32. The predicted molar refractivity (Wildman–Crippen MR) is 69.7 cm³/mol. The summed E-state index contributed by atoms with van der Waals surface area (Å²) in [5.74, 6) is 0.416. The molecule has 1 rings (SSSR count). The van der Waals surface area contributed by atoms with Gasteiger partial charge in [0.1, 0.15) is 11.1 Å². The largest absolute Gasteiger partial charge is 0.504 e. The number of benzene rings is 1. The van der Waals surface area contributed by atoms with Gasteiger partial charge in [-0.3, -0.25) is 0 Å². The second kappa shape index (κ2) is 5.87. The molecular formula is C12H12N2O2S. The van der Waals surface area contributed by atoms with Crippen LogP contribution in [0.2, 0.25) is 0 Å². The number of phenolic OH excluding ortho intramolecular Hbond substituents is 1. The van der Waals surface area contributed by atoms with Crippen LogP contribution in [0, 0.1) is 11.3 Å². The number of thiocarbonyl (C=S) groups is 1. The van der Waals surface area contributed by atoms with Crippen molar-refractivity contribution in [2.75, 3.05) is 6.61 Å². The van der Waals surface area contributed by atoms with E-state index in [1.54, 1.807) is 18.2 Å². The maximum Gasteiger partial charge on any atom is 0.161 e. The zero-order valence-corrected chi connectivity index (χ0v) is 10.1. The minimum atomic E-state index is 0.0403. The number of nitrogens with zero attached hydrogens (tertiary/aromatic N) is 1. The molecule has 0 aromatic heterocycles. The number of ether oxygens (including phenoxy) is 1. The molecule has 88 valence electrons. The Kier molecular flexibility index (Phi) is 4.49. The van der Waals surface area contributed by atoms with E-state index in [4.69, 9.17) is 28.0 Å². The van der Waals surface area contributed by atoms with Gasteiger partial charge in [0, 0.05) is 0 Å². The molecule has 5 heteroatoms. The van der Waals surface area contributed by atoms with Gasteiger partial charge < -0.3 is 15.6 Å². The monoisotopic (exact) mass is 248 g/mol. The lowest BCUT2D eigenvalue weighted by Gasteiger charge is -2.06. The Labute approximate surface area is 105 Å². The lowest BCUT2D eigenvalue weighted by Crippen LogP contribution is -2.09. The zero-order valence-electron chi connectivity index (χ0n) is 9.30. The molecule has 1 aromatic rings. The van der Waals surface area contributed by atoms with E-state index < -0.39 is 0 Å². The first-order chi connectivity index (χ1) is 8.08. The minimum absolute atomic E-state index is 0.0403. The summed E-state index contributed by atoms with van der Waals surface area (Å²) in [6, 6.07) is 6.66. The van der Waals surface area contributed by atoms with Crippen LogP contribution in [0.3, 0.4) is 0 Å². The van der Waals surface area contributed by atoms with E-state index in [9.17, 15) is 5.11 Å². The van der Waals surface area contributed by atoms with Crippen LogP contribution < -0.4 is 10.5 Å². The topological polar surface area (TPSA) is 79.3 Å². The number of phenols is 1. The summed E-state index contributed by atoms with van der Waals surface area (Å²) in [4.78, 5) is 0.0403. The summed E-state index contributed by atoms with van der Waals surface area (Å²) in [7, 11) is 0. The number of nitriles is 1. The van der Waals surface area contributed by atoms with Gasteiger partial charge in [-0.2, -0.15) is 5.26 Å². The Balaban J connectivity index is 3.12. The summed E-state index contributed by atoms with van der Waals surface area (Å²) in [6.07, 6.45) is 1.55. The van der Waals surface area contributed by atoms with Gasteiger partial charge in [-0.15, -0.1) is 0 Å². The van der Waals surface area contributed by atoms with Gasteiger partial charge in [-0.05, 0) is 30.7 Å². The van der Waals surface area contributed by atoms with Gasteiger partial charge in [-0.25, -0.2) is 0 Å². The quantitative estimate of drug-likeness (QED) is 0.484. The van der Waals surface area contributed by atoms with Crippen molar-refractivity contribution in [3.8, 4) is 17.6 Å². The highest BCUT2D eigenvalue weighted by atomic mass is 32.1. The first kappa shape index (κ1) is 13.0. The first-order valence-electron chi connectivity index (χ1n) is 4.96. The van der Waals surface area contributed by atoms with Crippen molar-refractivity contribution in [2.24, 2.45) is 5.73 Å². The summed E-state index contributed by atoms with van der Waals surface area (Å²) in [5, 5.41) is 18.3. The Morgan fingerprint density at radius 2 is 2.35 bits per heavy atom. The van der Waals surface area contributed by atoms with E-state index in [2.05, 4.69) is 0 Å². The Morgan fingerprint density at radius 1 is 1.65 bits per heavy atom. The van der Waals surface area contributed by atoms with Crippen LogP contribution in [0.5, 0.6) is 11.5 Å². The molecule has 0 bridgehead atoms. The lowest BCUT2D eigenvalue weighted by atomic mass is 10.1. The fraction of sp³-hybridized carbons (Fsp3) is 0.167. The van der Waals surface area contributed by atoms with E-state index in [-0.39, 0.29) is 16.3 Å². The van der Waals surface area contributed by atoms with Gasteiger partial charge in [0.05, 0.1) is 12.2 Å². The number of nitrogens with two attached hydrogens (primary N) is 1. The number of aromatic hydroxyl groups is 1. The van der Waals surface area contributed by atoms with Crippen molar-refractivity contribution < 1.29 is 9.84 Å². The van der Waals surface area contributed by atoms with Crippen molar-refractivity contribution in [1.29, 1.82) is 5.26 Å². The normalized spacial score (nSPS) is 10.7. The van der Waals surface area contributed by atoms with Crippen molar-refractivity contribution in [1.82, 2.24) is 0 Å². The van der Waals surface area contributed by atoms with E-state index in [0.717, 1.165) is 0 Å². The average molecular weight is 248 g/mol. The van der Waals surface area contributed by atoms with Gasteiger partial charge in [-0.1, -0.05) is 18.3 Å². The highest BCUT2D eigenvalue weighted by Gasteiger charge is 2.04. The van der Waals surface area contributed by atoms with Gasteiger partial charge >= 0.3 is 0 Å². The second-order valence-corrected chi connectivity index (χ2v) is 3.63. The predicted octanol–water partition coefficient (Wildman–Crippen LogP) is 1.98. The number of hydrogen-bond acceptors (Lipinski definition) is 4. The Bertz CT molecular complexity index is 504. The van der Waals surface area contributed by atoms with Crippen LogP contribution in [-0.4, -0.2) is 16.7 Å². The van der Waals surface area contributed by atoms with Crippen molar-refractivity contribution in [2.45, 2.75) is 6.92 Å². The SMILES string of the molecule is CCOc1cc(C=C(C#N)C(N)=S)ccc1O. The third kappa shape index (κ3) is 3.47. The first-order valence-corrected chi connectivity index (χ1v) is 5.36. The van der Waals surface area contributed by atoms with Gasteiger partial charge in [0.15, 0.2) is 11.5 Å². The Morgan fingerprint density at radius 3 is 2.88 bits per heavy atom. The van der Waals surface area contributed by atoms with E-state index in [1.165, 1.54) is 6.07 Å². The molecule has 0 aliphatic carbocycles. The molecule has 0 heterocycles. The fourth-order valence-electron chi connectivity index (χ4n) is 1.22. The highest BCUT2D eigenvalue weighted by molar-refractivity contribution is 7.80. The number of rotatable bonds is 4. The van der Waals surface area contributed by atoms with E-state index >= 15 is 0 Å². The summed E-state index contributed by atoms with van der Waals surface area (Å²) in [5.41, 5.74) is 6.29. The molecule has 1 aromatic carbocycles. The molecule has 0 aliphatic heterocycles. The molecular weight excluding hydrogens is 236 g/mol. The molecule has 3 N–H and O–H groups in total. The minimum Gasteiger partial charge on any atom is -0.504 e. The van der Waals surface area contributed by atoms with Gasteiger partial charge in [0.25, 0.3) is 0 Å². The smallest absolute Gasteiger partial charge is 0.161 e. The van der Waals surface area contributed by atoms with Crippen LogP contribution in [0.25, 0.3) is 6.08 Å². The molecule has 0 amide bonds. The van der Waals surface area contributed by atoms with Crippen LogP contribution in [0.4, 0.5) is 0 Å². The van der Waals surface area contributed by atoms with E-state index in [0.29, 0.717) is 17.9 Å². The zero-order chi connectivity index (χ0) is 12.8. The molecule has 0 spiro atoms. The lowest BCUT2D eigenvalue weighted by molar-refractivity contribution is 0.318. The van der Waals surface area contributed by atoms with Crippen LogP contribution >= 0.6 is 12.2 Å². The third-order valence-electron chi connectivity index (χ3n) is 1.98. The van der Waals surface area contributed by atoms with Gasteiger partial charge in [0.2, 0.25) is 0 Å². The van der Waals surface area contributed by atoms with Crippen LogP contribution in [0.15, 0.2) is 23.8 Å².